The van der Waals surface area contributed by atoms with Gasteiger partial charge in [0.1, 0.15) is 0 Å². The molecule has 1 N–H and O–H groups in total. The number of carbonyl (C=O) groups excluding carboxylic acids is 2. The standard InChI is InChI=1S/C14H22N2O5/c17-11-15-9-5-1-3-7-13(16-12-18)8-4-2-6-10-21-14(19)20/h13H,1-10H2,(H,19,20). The molecule has 0 bridgehead atoms. The van der Waals surface area contributed by atoms with E-state index in [2.05, 4.69) is 14.7 Å². The first-order chi connectivity index (χ1) is 10.2. The lowest BCUT2D eigenvalue weighted by molar-refractivity contribution is 0.0899. The van der Waals surface area contributed by atoms with Crippen LogP contribution in [-0.2, 0) is 14.3 Å². The molecule has 118 valence electrons. The van der Waals surface area contributed by atoms with Gasteiger partial charge in [-0.05, 0) is 32.1 Å². The predicted octanol–water partition coefficient (Wildman–Crippen LogP) is 2.84. The van der Waals surface area contributed by atoms with Crippen LogP contribution in [0.1, 0.15) is 51.4 Å². The van der Waals surface area contributed by atoms with Crippen LogP contribution in [0.3, 0.4) is 0 Å². The number of carbonyl (C=O) groups is 1. The number of carboxylic acid groups (broad SMARTS) is 1. The highest BCUT2D eigenvalue weighted by Gasteiger charge is 2.06. The lowest BCUT2D eigenvalue weighted by atomic mass is 10.0. The van der Waals surface area contributed by atoms with Crippen molar-refractivity contribution in [3.63, 3.8) is 0 Å². The molecule has 0 aromatic heterocycles. The van der Waals surface area contributed by atoms with Crippen LogP contribution >= 0.6 is 0 Å². The molecule has 0 radical (unpaired) electrons. The third-order valence-corrected chi connectivity index (χ3v) is 3.01. The van der Waals surface area contributed by atoms with Gasteiger partial charge in [-0.1, -0.05) is 19.3 Å². The van der Waals surface area contributed by atoms with Gasteiger partial charge in [-0.15, -0.1) is 0 Å². The van der Waals surface area contributed by atoms with Gasteiger partial charge >= 0.3 is 6.16 Å². The summed E-state index contributed by atoms with van der Waals surface area (Å²) >= 11 is 0. The number of hydrogen-bond acceptors (Lipinski definition) is 6. The molecule has 0 fully saturated rings. The van der Waals surface area contributed by atoms with E-state index in [-0.39, 0.29) is 12.6 Å². The minimum absolute atomic E-state index is 0.0301. The zero-order valence-electron chi connectivity index (χ0n) is 12.1. The maximum absolute atomic E-state index is 10.4. The summed E-state index contributed by atoms with van der Waals surface area (Å²) in [5.74, 6) is 0. The van der Waals surface area contributed by atoms with Crippen LogP contribution in [0.2, 0.25) is 0 Å². The number of isocyanates is 2. The molecule has 21 heavy (non-hydrogen) atoms. The average Bonchev–Trinajstić information content (AvgIpc) is 2.45. The van der Waals surface area contributed by atoms with Crippen molar-refractivity contribution in [1.29, 1.82) is 0 Å². The minimum atomic E-state index is -1.25. The number of nitrogens with zero attached hydrogens (tertiary/aromatic N) is 2. The van der Waals surface area contributed by atoms with E-state index in [1.54, 1.807) is 6.08 Å². The first-order valence-corrected chi connectivity index (χ1v) is 7.17. The smallest absolute Gasteiger partial charge is 0.450 e. The van der Waals surface area contributed by atoms with Gasteiger partial charge < -0.3 is 9.84 Å². The second-order valence-electron chi connectivity index (χ2n) is 4.66. The highest BCUT2D eigenvalue weighted by atomic mass is 16.7. The molecule has 1 atom stereocenters. The second-order valence-corrected chi connectivity index (χ2v) is 4.66. The predicted molar refractivity (Wildman–Crippen MR) is 75.8 cm³/mol. The van der Waals surface area contributed by atoms with E-state index in [1.165, 1.54) is 6.08 Å². The Morgan fingerprint density at radius 1 is 1.00 bits per heavy atom. The number of hydrogen-bond donors (Lipinski definition) is 1. The Kier molecular flexibility index (Phi) is 13.1. The van der Waals surface area contributed by atoms with Gasteiger partial charge in [-0.25, -0.2) is 24.4 Å². The van der Waals surface area contributed by atoms with Crippen molar-refractivity contribution in [1.82, 2.24) is 0 Å². The van der Waals surface area contributed by atoms with E-state index in [0.29, 0.717) is 13.0 Å². The summed E-state index contributed by atoms with van der Waals surface area (Å²) in [6.45, 7) is 0.697. The molecule has 1 unspecified atom stereocenters. The van der Waals surface area contributed by atoms with Gasteiger partial charge in [0.25, 0.3) is 0 Å². The lowest BCUT2D eigenvalue weighted by Crippen LogP contribution is -2.05. The first kappa shape index (κ1) is 19.0. The number of ether oxygens (including phenoxy) is 1. The van der Waals surface area contributed by atoms with Crippen molar-refractivity contribution >= 4 is 18.3 Å². The Labute approximate surface area is 124 Å². The molecule has 0 aliphatic rings. The highest BCUT2D eigenvalue weighted by Crippen LogP contribution is 2.14. The summed E-state index contributed by atoms with van der Waals surface area (Å²) in [6.07, 6.45) is 8.51. The molecule has 0 aromatic rings. The van der Waals surface area contributed by atoms with Crippen molar-refractivity contribution in [2.75, 3.05) is 13.2 Å². The van der Waals surface area contributed by atoms with Crippen molar-refractivity contribution in [3.05, 3.63) is 0 Å². The molecule has 0 amide bonds. The Bertz CT molecular complexity index is 374. The fourth-order valence-corrected chi connectivity index (χ4v) is 1.96. The third kappa shape index (κ3) is 14.3. The van der Waals surface area contributed by atoms with Crippen LogP contribution in [-0.4, -0.2) is 42.6 Å². The van der Waals surface area contributed by atoms with Crippen LogP contribution in [0.25, 0.3) is 0 Å². The molecule has 7 heteroatoms. The molecule has 0 rings (SSSR count). The summed E-state index contributed by atoms with van der Waals surface area (Å²) in [5.41, 5.74) is 0. The molecular formula is C14H22N2O5. The van der Waals surface area contributed by atoms with E-state index >= 15 is 0 Å². The number of unbranched alkanes of at least 4 members (excludes halogenated alkanes) is 4. The Morgan fingerprint density at radius 3 is 2.24 bits per heavy atom. The van der Waals surface area contributed by atoms with Gasteiger partial charge in [0.05, 0.1) is 19.2 Å². The monoisotopic (exact) mass is 298 g/mol. The molecule has 0 aliphatic heterocycles. The summed E-state index contributed by atoms with van der Waals surface area (Å²) in [5, 5.41) is 8.29. The summed E-state index contributed by atoms with van der Waals surface area (Å²) in [6, 6.07) is -0.0301. The zero-order chi connectivity index (χ0) is 15.8. The van der Waals surface area contributed by atoms with Gasteiger partial charge in [-0.2, -0.15) is 0 Å². The molecule has 0 spiro atoms. The SMILES string of the molecule is O=C=NCCCCCC(CCCCCOC(=O)O)N=C=O. The fraction of sp³-hybridized carbons (Fsp3) is 0.786. The van der Waals surface area contributed by atoms with Crippen LogP contribution in [0.5, 0.6) is 0 Å². The molecule has 0 saturated heterocycles. The minimum Gasteiger partial charge on any atom is -0.450 e. The Hall–Kier alpha value is -1.97. The van der Waals surface area contributed by atoms with Gasteiger partial charge in [0.15, 0.2) is 0 Å². The maximum Gasteiger partial charge on any atom is 0.505 e. The molecule has 0 aromatic carbocycles. The lowest BCUT2D eigenvalue weighted by Gasteiger charge is -2.10. The fourth-order valence-electron chi connectivity index (χ4n) is 1.96. The van der Waals surface area contributed by atoms with E-state index in [9.17, 15) is 14.4 Å². The first-order valence-electron chi connectivity index (χ1n) is 7.17. The van der Waals surface area contributed by atoms with Gasteiger partial charge in [-0.3, -0.25) is 0 Å². The molecule has 7 nitrogen and oxygen atoms in total. The normalized spacial score (nSPS) is 11.0. The van der Waals surface area contributed by atoms with Crippen LogP contribution in [0.15, 0.2) is 9.98 Å². The van der Waals surface area contributed by atoms with E-state index in [0.717, 1.165) is 44.9 Å². The van der Waals surface area contributed by atoms with Crippen molar-refractivity contribution in [2.24, 2.45) is 9.98 Å². The molecule has 0 heterocycles. The van der Waals surface area contributed by atoms with Crippen LogP contribution in [0.4, 0.5) is 4.79 Å². The van der Waals surface area contributed by atoms with E-state index in [4.69, 9.17) is 5.11 Å². The zero-order valence-corrected chi connectivity index (χ0v) is 12.1. The average molecular weight is 298 g/mol. The third-order valence-electron chi connectivity index (χ3n) is 3.01. The molecular weight excluding hydrogens is 276 g/mol. The largest absolute Gasteiger partial charge is 0.505 e. The summed E-state index contributed by atoms with van der Waals surface area (Å²) in [7, 11) is 0. The van der Waals surface area contributed by atoms with Gasteiger partial charge in [0.2, 0.25) is 12.2 Å². The molecule has 0 saturated carbocycles. The van der Waals surface area contributed by atoms with Crippen molar-refractivity contribution < 1.29 is 24.2 Å². The second kappa shape index (κ2) is 14.4. The Morgan fingerprint density at radius 2 is 1.67 bits per heavy atom. The topological polar surface area (TPSA) is 105 Å². The van der Waals surface area contributed by atoms with Gasteiger partial charge in [0, 0.05) is 0 Å². The number of aliphatic imine (C=N–C) groups is 2. The summed E-state index contributed by atoms with van der Waals surface area (Å²) < 4.78 is 4.40. The highest BCUT2D eigenvalue weighted by molar-refractivity contribution is 5.56. The van der Waals surface area contributed by atoms with Crippen molar-refractivity contribution in [2.45, 2.75) is 57.4 Å². The quantitative estimate of drug-likeness (QED) is 0.243. The van der Waals surface area contributed by atoms with Crippen molar-refractivity contribution in [3.8, 4) is 0 Å². The van der Waals surface area contributed by atoms with Crippen LogP contribution < -0.4 is 0 Å². The molecule has 0 aliphatic carbocycles. The summed E-state index contributed by atoms with van der Waals surface area (Å²) in [4.78, 5) is 37.6. The van der Waals surface area contributed by atoms with E-state index in [1.807, 2.05) is 0 Å². The maximum atomic E-state index is 10.4. The Balaban J connectivity index is 3.64. The van der Waals surface area contributed by atoms with E-state index < -0.39 is 6.16 Å². The van der Waals surface area contributed by atoms with Crippen LogP contribution in [0, 0.1) is 0 Å². The number of rotatable bonds is 13.